The average Bonchev–Trinajstić information content (AvgIpc) is 4.09. The number of fused-ring (bicyclic) bond motifs is 8. The van der Waals surface area contributed by atoms with Crippen molar-refractivity contribution >= 4 is 78.5 Å². The number of benzene rings is 4. The Labute approximate surface area is 426 Å². The van der Waals surface area contributed by atoms with Gasteiger partial charge in [0.2, 0.25) is 0 Å². The summed E-state index contributed by atoms with van der Waals surface area (Å²) in [7, 11) is 3.91. The first kappa shape index (κ1) is 49.4. The normalized spacial score (nSPS) is 12.8. The summed E-state index contributed by atoms with van der Waals surface area (Å²) in [6, 6.07) is 46.8. The number of hydrogen-bond acceptors (Lipinski definition) is 10. The van der Waals surface area contributed by atoms with E-state index in [1.165, 1.54) is 10.8 Å². The molecule has 12 rings (SSSR count). The zero-order valence-electron chi connectivity index (χ0n) is 39.0. The number of para-hydroxylation sites is 4. The van der Waals surface area contributed by atoms with Gasteiger partial charge in [-0.15, -0.1) is 24.7 Å². The minimum Gasteiger partial charge on any atom is -0.487 e. The summed E-state index contributed by atoms with van der Waals surface area (Å²) in [6.45, 7) is 16.9. The summed E-state index contributed by atoms with van der Waals surface area (Å²) in [5, 5.41) is 4.67. The number of aromatic nitrogens is 8. The largest absolute Gasteiger partial charge is 0.487 e. The van der Waals surface area contributed by atoms with Crippen LogP contribution in [0.4, 0.5) is 34.6 Å². The summed E-state index contributed by atoms with van der Waals surface area (Å²) in [5.74, 6) is 3.40. The van der Waals surface area contributed by atoms with Crippen molar-refractivity contribution in [3.8, 4) is 0 Å². The van der Waals surface area contributed by atoms with Crippen LogP contribution in [0.3, 0.4) is 0 Å². The van der Waals surface area contributed by atoms with Gasteiger partial charge in [0.05, 0.1) is 0 Å². The molecule has 68 heavy (non-hydrogen) atoms. The molecule has 0 saturated carbocycles. The van der Waals surface area contributed by atoms with Crippen LogP contribution in [0.1, 0.15) is 52.9 Å². The Hall–Kier alpha value is -6.48. The molecule has 2 aliphatic rings. The van der Waals surface area contributed by atoms with Crippen LogP contribution in [-0.2, 0) is 53.0 Å². The van der Waals surface area contributed by atoms with Gasteiger partial charge in [-0.3, -0.25) is 0 Å². The summed E-state index contributed by atoms with van der Waals surface area (Å²) in [6.07, 6.45) is 6.78. The van der Waals surface area contributed by atoms with Gasteiger partial charge in [-0.1, -0.05) is 137 Å². The third-order valence-electron chi connectivity index (χ3n) is 11.1. The van der Waals surface area contributed by atoms with Crippen molar-refractivity contribution < 1.29 is 42.1 Å². The Bertz CT molecular complexity index is 3030. The van der Waals surface area contributed by atoms with Crippen molar-refractivity contribution in [2.45, 2.75) is 52.4 Å². The topological polar surface area (TPSA) is 118 Å². The zero-order valence-corrected chi connectivity index (χ0v) is 43.6. The fourth-order valence-corrected chi connectivity index (χ4v) is 7.62. The standard InChI is InChI=1S/2C15H15N2.2C12H10N4.2Pt/c2*1-15(2,3)13-9-8-11-10-6-4-5-7-12(10)16-14(11)17-13;2*1-15-9-16(10-5-3-2-4-6-10)12-11(15)13-7-8-14-12;;/h2*4-9H,1-3H3;2*2-5,7-9H,1H3;;/q2*-1;2*-2;;. The zero-order chi connectivity index (χ0) is 46.0. The minimum absolute atomic E-state index is 0. The van der Waals surface area contributed by atoms with E-state index in [1.54, 1.807) is 24.8 Å². The summed E-state index contributed by atoms with van der Waals surface area (Å²) < 4.78 is 0. The van der Waals surface area contributed by atoms with Crippen LogP contribution < -0.4 is 29.6 Å². The van der Waals surface area contributed by atoms with E-state index in [1.807, 2.05) is 132 Å². The Kier molecular flexibility index (Phi) is 15.1. The molecule has 12 nitrogen and oxygen atoms in total. The maximum Gasteiger partial charge on any atom is 0.143 e. The van der Waals surface area contributed by atoms with Crippen molar-refractivity contribution in [1.82, 2.24) is 39.9 Å². The van der Waals surface area contributed by atoms with Gasteiger partial charge < -0.3 is 39.5 Å². The van der Waals surface area contributed by atoms with Crippen LogP contribution in [0.15, 0.2) is 146 Å². The molecule has 0 unspecified atom stereocenters. The summed E-state index contributed by atoms with van der Waals surface area (Å²) >= 11 is 0. The molecule has 0 radical (unpaired) electrons. The fourth-order valence-electron chi connectivity index (χ4n) is 7.62. The molecule has 0 amide bonds. The van der Waals surface area contributed by atoms with Crippen LogP contribution in [0.25, 0.3) is 43.9 Å². The van der Waals surface area contributed by atoms with Crippen LogP contribution in [0, 0.1) is 25.5 Å². The SMILES string of the molecule is CC(C)(C)c1ccc2c(n1)[n-]c1ccccc12.CC(C)(C)c1ccc2c(n1)[n-]c1ccccc12.CN1[CH-]N(c2[c-]cccc2)c2nccnc21.CN1[CH-]N(c2[c-]cccc2)c2nccnc21.[Pt].[Pt]. The van der Waals surface area contributed by atoms with Gasteiger partial charge >= 0.3 is 0 Å². The third kappa shape index (κ3) is 10.5. The maximum atomic E-state index is 4.67. The van der Waals surface area contributed by atoms with E-state index >= 15 is 0 Å². The van der Waals surface area contributed by atoms with Gasteiger partial charge in [0.25, 0.3) is 0 Å². The number of hydrogen-bond donors (Lipinski definition) is 0. The summed E-state index contributed by atoms with van der Waals surface area (Å²) in [5.41, 5.74) is 8.03. The van der Waals surface area contributed by atoms with Gasteiger partial charge in [0.1, 0.15) is 23.3 Å². The van der Waals surface area contributed by atoms with Crippen molar-refractivity contribution in [2.75, 3.05) is 33.7 Å². The van der Waals surface area contributed by atoms with Crippen LogP contribution >= 0.6 is 0 Å². The number of pyridine rings is 2. The molecule has 0 atom stereocenters. The second kappa shape index (κ2) is 20.8. The minimum atomic E-state index is 0. The molecule has 14 heteroatoms. The predicted molar refractivity (Wildman–Crippen MR) is 267 cm³/mol. The molecular formula is C54H50N12Pt2-6. The van der Waals surface area contributed by atoms with Crippen molar-refractivity contribution in [3.05, 3.63) is 183 Å². The first-order chi connectivity index (χ1) is 31.8. The molecule has 10 aromatic rings. The number of anilines is 6. The van der Waals surface area contributed by atoms with Gasteiger partial charge in [0, 0.05) is 66.9 Å². The third-order valence-corrected chi connectivity index (χ3v) is 11.1. The van der Waals surface area contributed by atoms with E-state index in [0.29, 0.717) is 0 Å². The van der Waals surface area contributed by atoms with Crippen molar-refractivity contribution in [3.63, 3.8) is 0 Å². The Balaban J connectivity index is 0.000000133. The molecule has 352 valence electrons. The van der Waals surface area contributed by atoms with Crippen LogP contribution in [0.5, 0.6) is 0 Å². The maximum absolute atomic E-state index is 4.67. The summed E-state index contributed by atoms with van der Waals surface area (Å²) in [4.78, 5) is 43.6. The molecule has 0 aliphatic carbocycles. The van der Waals surface area contributed by atoms with E-state index in [0.717, 1.165) is 79.1 Å². The molecule has 0 bridgehead atoms. The number of nitrogens with zero attached hydrogens (tertiary/aromatic N) is 12. The van der Waals surface area contributed by atoms with Crippen molar-refractivity contribution in [2.24, 2.45) is 0 Å². The predicted octanol–water partition coefficient (Wildman–Crippen LogP) is 11.2. The smallest absolute Gasteiger partial charge is 0.143 e. The van der Waals surface area contributed by atoms with E-state index in [4.69, 9.17) is 0 Å². The van der Waals surface area contributed by atoms with Gasteiger partial charge in [-0.05, 0) is 57.5 Å². The first-order valence-electron chi connectivity index (χ1n) is 21.8. The van der Waals surface area contributed by atoms with Crippen molar-refractivity contribution in [1.29, 1.82) is 0 Å². The first-order valence-corrected chi connectivity index (χ1v) is 21.8. The average molecular weight is 1260 g/mol. The Morgan fingerprint density at radius 3 is 1.18 bits per heavy atom. The van der Waals surface area contributed by atoms with E-state index in [2.05, 4.69) is 130 Å². The Morgan fingerprint density at radius 1 is 0.441 bits per heavy atom. The molecular weight excluding hydrogens is 1210 g/mol. The van der Waals surface area contributed by atoms with Crippen LogP contribution in [0.2, 0.25) is 0 Å². The van der Waals surface area contributed by atoms with Gasteiger partial charge in [-0.25, -0.2) is 19.9 Å². The van der Waals surface area contributed by atoms with Crippen LogP contribution in [-0.4, -0.2) is 44.0 Å². The molecule has 6 aromatic heterocycles. The molecule has 0 saturated heterocycles. The molecule has 0 N–H and O–H groups in total. The molecule has 0 fully saturated rings. The molecule has 8 heterocycles. The van der Waals surface area contributed by atoms with E-state index in [-0.39, 0.29) is 53.0 Å². The second-order valence-electron chi connectivity index (χ2n) is 18.0. The molecule has 4 aromatic carbocycles. The van der Waals surface area contributed by atoms with Gasteiger partial charge in [-0.2, -0.15) is 60.7 Å². The van der Waals surface area contributed by atoms with E-state index in [9.17, 15) is 0 Å². The Morgan fingerprint density at radius 2 is 0.809 bits per heavy atom. The quantitative estimate of drug-likeness (QED) is 0.153. The number of rotatable bonds is 2. The second-order valence-corrected chi connectivity index (χ2v) is 18.0. The molecule has 0 spiro atoms. The monoisotopic (exact) mass is 1260 g/mol. The fraction of sp³-hybridized carbons (Fsp3) is 0.185. The van der Waals surface area contributed by atoms with E-state index < -0.39 is 0 Å². The molecule has 2 aliphatic heterocycles. The van der Waals surface area contributed by atoms with Gasteiger partial charge in [0.15, 0.2) is 0 Å².